The third kappa shape index (κ3) is 4.67. The van der Waals surface area contributed by atoms with Crippen LogP contribution in [0.25, 0.3) is 0 Å². The summed E-state index contributed by atoms with van der Waals surface area (Å²) in [7, 11) is 0. The number of aromatic nitrogens is 1. The Kier molecular flexibility index (Phi) is 5.12. The quantitative estimate of drug-likeness (QED) is 0.797. The van der Waals surface area contributed by atoms with Crippen LogP contribution < -0.4 is 0 Å². The molecule has 4 heteroatoms. The second-order valence-corrected chi connectivity index (χ2v) is 5.51. The minimum atomic E-state index is 0.210. The van der Waals surface area contributed by atoms with Gasteiger partial charge in [0.2, 0.25) is 0 Å². The van der Waals surface area contributed by atoms with Crippen LogP contribution >= 0.6 is 23.4 Å². The second-order valence-electron chi connectivity index (χ2n) is 3.54. The molecular formula is C11H14ClNOS. The van der Waals surface area contributed by atoms with E-state index in [4.69, 9.17) is 11.6 Å². The summed E-state index contributed by atoms with van der Waals surface area (Å²) >= 11 is 7.57. The van der Waals surface area contributed by atoms with Crippen molar-refractivity contribution in [2.45, 2.75) is 25.5 Å². The van der Waals surface area contributed by atoms with Crippen molar-refractivity contribution in [3.8, 4) is 0 Å². The Labute approximate surface area is 99.4 Å². The number of Topliss-reactive ketones (excluding diaryl/α,β-unsaturated/α-hetero) is 1. The van der Waals surface area contributed by atoms with Crippen LogP contribution in [0.5, 0.6) is 0 Å². The smallest absolute Gasteiger partial charge is 0.147 e. The maximum Gasteiger partial charge on any atom is 0.147 e. The van der Waals surface area contributed by atoms with Crippen molar-refractivity contribution in [3.63, 3.8) is 0 Å². The zero-order valence-corrected chi connectivity index (χ0v) is 10.4. The molecule has 0 saturated heterocycles. The van der Waals surface area contributed by atoms with Gasteiger partial charge in [-0.1, -0.05) is 25.4 Å². The van der Waals surface area contributed by atoms with Gasteiger partial charge in [-0.05, 0) is 16.9 Å². The number of nitrogens with zero attached hydrogens (tertiary/aromatic N) is 1. The zero-order chi connectivity index (χ0) is 11.3. The molecule has 0 radical (unpaired) electrons. The number of thioether (sulfide) groups is 1. The Morgan fingerprint density at radius 3 is 2.93 bits per heavy atom. The molecule has 1 aromatic rings. The molecule has 0 atom stereocenters. The average molecular weight is 244 g/mol. The van der Waals surface area contributed by atoms with Gasteiger partial charge in [0.15, 0.2) is 0 Å². The molecule has 0 spiro atoms. The SMILES string of the molecule is CC(C)SCC(=O)Cc1ccncc1Cl. The summed E-state index contributed by atoms with van der Waals surface area (Å²) in [6.07, 6.45) is 3.63. The van der Waals surface area contributed by atoms with E-state index in [1.54, 1.807) is 30.2 Å². The summed E-state index contributed by atoms with van der Waals surface area (Å²) in [5, 5.41) is 1.06. The molecule has 0 amide bonds. The van der Waals surface area contributed by atoms with Gasteiger partial charge in [-0.25, -0.2) is 0 Å². The molecule has 2 nitrogen and oxygen atoms in total. The van der Waals surface area contributed by atoms with Gasteiger partial charge >= 0.3 is 0 Å². The first-order chi connectivity index (χ1) is 7.09. The highest BCUT2D eigenvalue weighted by atomic mass is 35.5. The Bertz CT molecular complexity index is 341. The third-order valence-electron chi connectivity index (χ3n) is 1.82. The van der Waals surface area contributed by atoms with Crippen molar-refractivity contribution in [1.29, 1.82) is 0 Å². The Hall–Kier alpha value is -0.540. The van der Waals surface area contributed by atoms with Crippen molar-refractivity contribution < 1.29 is 4.79 Å². The van der Waals surface area contributed by atoms with Gasteiger partial charge in [0.25, 0.3) is 0 Å². The van der Waals surface area contributed by atoms with Gasteiger partial charge in [0.05, 0.1) is 10.8 Å². The molecule has 0 unspecified atom stereocenters. The van der Waals surface area contributed by atoms with Crippen molar-refractivity contribution in [1.82, 2.24) is 4.98 Å². The molecule has 1 rings (SSSR count). The van der Waals surface area contributed by atoms with Gasteiger partial charge < -0.3 is 0 Å². The molecule has 0 bridgehead atoms. The molecule has 82 valence electrons. The lowest BCUT2D eigenvalue weighted by Gasteiger charge is -2.05. The van der Waals surface area contributed by atoms with Crippen molar-refractivity contribution in [3.05, 3.63) is 29.0 Å². The summed E-state index contributed by atoms with van der Waals surface area (Å²) in [6.45, 7) is 4.16. The number of carbonyl (C=O) groups excluding carboxylic acids is 1. The maximum atomic E-state index is 11.6. The van der Waals surface area contributed by atoms with Crippen LogP contribution in [0.1, 0.15) is 19.4 Å². The van der Waals surface area contributed by atoms with Crippen molar-refractivity contribution >= 4 is 29.1 Å². The van der Waals surface area contributed by atoms with E-state index in [0.29, 0.717) is 22.4 Å². The number of rotatable bonds is 5. The molecule has 1 aromatic heterocycles. The first kappa shape index (κ1) is 12.5. The van der Waals surface area contributed by atoms with Crippen LogP contribution in [0.15, 0.2) is 18.5 Å². The topological polar surface area (TPSA) is 30.0 Å². The van der Waals surface area contributed by atoms with Crippen LogP contribution in [0, 0.1) is 0 Å². The second kappa shape index (κ2) is 6.13. The molecule has 0 aliphatic rings. The van der Waals surface area contributed by atoms with E-state index in [0.717, 1.165) is 5.56 Å². The van der Waals surface area contributed by atoms with Gasteiger partial charge in [0.1, 0.15) is 5.78 Å². The third-order valence-corrected chi connectivity index (χ3v) is 3.32. The van der Waals surface area contributed by atoms with Gasteiger partial charge in [-0.2, -0.15) is 11.8 Å². The van der Waals surface area contributed by atoms with Crippen LogP contribution in [-0.2, 0) is 11.2 Å². The fourth-order valence-corrected chi connectivity index (χ4v) is 1.88. The molecule has 15 heavy (non-hydrogen) atoms. The largest absolute Gasteiger partial charge is 0.298 e. The molecule has 0 saturated carbocycles. The van der Waals surface area contributed by atoms with E-state index in [9.17, 15) is 4.79 Å². The fraction of sp³-hybridized carbons (Fsp3) is 0.455. The number of hydrogen-bond donors (Lipinski definition) is 0. The minimum Gasteiger partial charge on any atom is -0.298 e. The first-order valence-electron chi connectivity index (χ1n) is 4.81. The summed E-state index contributed by atoms with van der Waals surface area (Å²) in [6, 6.07) is 1.79. The lowest BCUT2D eigenvalue weighted by Crippen LogP contribution is -2.08. The Morgan fingerprint density at radius 1 is 1.60 bits per heavy atom. The standard InChI is InChI=1S/C11H14ClNOS/c1-8(2)15-7-10(14)5-9-3-4-13-6-11(9)12/h3-4,6,8H,5,7H2,1-2H3. The average Bonchev–Trinajstić information content (AvgIpc) is 2.18. The van der Waals surface area contributed by atoms with Crippen molar-refractivity contribution in [2.75, 3.05) is 5.75 Å². The lowest BCUT2D eigenvalue weighted by atomic mass is 10.1. The number of ketones is 1. The lowest BCUT2D eigenvalue weighted by molar-refractivity contribution is -0.116. The van der Waals surface area contributed by atoms with Crippen molar-refractivity contribution in [2.24, 2.45) is 0 Å². The highest BCUT2D eigenvalue weighted by Gasteiger charge is 2.07. The van der Waals surface area contributed by atoms with Crippen LogP contribution in [-0.4, -0.2) is 21.8 Å². The zero-order valence-electron chi connectivity index (χ0n) is 8.87. The monoisotopic (exact) mass is 243 g/mol. The van der Waals surface area contributed by atoms with Gasteiger partial charge in [0, 0.05) is 18.8 Å². The molecule has 1 heterocycles. The van der Waals surface area contributed by atoms with Gasteiger partial charge in [-0.3, -0.25) is 9.78 Å². The molecular weight excluding hydrogens is 230 g/mol. The summed E-state index contributed by atoms with van der Waals surface area (Å²) in [4.78, 5) is 15.4. The molecule has 0 N–H and O–H groups in total. The van der Waals surface area contributed by atoms with E-state index in [2.05, 4.69) is 18.8 Å². The highest BCUT2D eigenvalue weighted by molar-refractivity contribution is 8.00. The molecule has 0 aliphatic heterocycles. The van der Waals surface area contributed by atoms with Gasteiger partial charge in [-0.15, -0.1) is 0 Å². The summed E-state index contributed by atoms with van der Waals surface area (Å²) < 4.78 is 0. The summed E-state index contributed by atoms with van der Waals surface area (Å²) in [5.41, 5.74) is 0.862. The normalized spacial score (nSPS) is 10.7. The Balaban J connectivity index is 2.48. The van der Waals surface area contributed by atoms with E-state index in [1.165, 1.54) is 0 Å². The Morgan fingerprint density at radius 2 is 2.33 bits per heavy atom. The predicted molar refractivity (Wildman–Crippen MR) is 65.6 cm³/mol. The first-order valence-corrected chi connectivity index (χ1v) is 6.24. The fourth-order valence-electron chi connectivity index (χ4n) is 1.07. The van der Waals surface area contributed by atoms with E-state index in [-0.39, 0.29) is 5.78 Å². The number of hydrogen-bond acceptors (Lipinski definition) is 3. The number of pyridine rings is 1. The maximum absolute atomic E-state index is 11.6. The number of halogens is 1. The molecule has 0 aliphatic carbocycles. The highest BCUT2D eigenvalue weighted by Crippen LogP contribution is 2.16. The van der Waals surface area contributed by atoms with E-state index >= 15 is 0 Å². The minimum absolute atomic E-state index is 0.210. The van der Waals surface area contributed by atoms with Crippen LogP contribution in [0.2, 0.25) is 5.02 Å². The molecule has 0 aromatic carbocycles. The predicted octanol–water partition coefficient (Wildman–Crippen LogP) is 2.99. The van der Waals surface area contributed by atoms with Crippen LogP contribution in [0.3, 0.4) is 0 Å². The van der Waals surface area contributed by atoms with Crippen LogP contribution in [0.4, 0.5) is 0 Å². The summed E-state index contributed by atoms with van der Waals surface area (Å²) in [5.74, 6) is 0.762. The molecule has 0 fully saturated rings. The van der Waals surface area contributed by atoms with E-state index in [1.807, 2.05) is 0 Å². The van der Waals surface area contributed by atoms with E-state index < -0.39 is 0 Å². The number of carbonyl (C=O) groups is 1.